The number of urea groups is 1. The highest BCUT2D eigenvalue weighted by atomic mass is 16.5. The van der Waals surface area contributed by atoms with Gasteiger partial charge in [-0.3, -0.25) is 0 Å². The number of pyridine rings is 1. The van der Waals surface area contributed by atoms with E-state index in [1.807, 2.05) is 31.2 Å². The fourth-order valence-corrected chi connectivity index (χ4v) is 2.87. The molecule has 0 aliphatic heterocycles. The summed E-state index contributed by atoms with van der Waals surface area (Å²) in [6.45, 7) is 4.85. The lowest BCUT2D eigenvalue weighted by molar-refractivity contribution is -0.152. The smallest absolute Gasteiger partial charge is 0.347 e. The molecule has 2 amide bonds. The van der Waals surface area contributed by atoms with Crippen molar-refractivity contribution in [2.75, 3.05) is 17.7 Å². The molecule has 1 aromatic heterocycles. The molecule has 8 heteroatoms. The Labute approximate surface area is 186 Å². The largest absolute Gasteiger partial charge is 0.495 e. The zero-order valence-electron chi connectivity index (χ0n) is 18.3. The van der Waals surface area contributed by atoms with Crippen LogP contribution in [-0.4, -0.2) is 34.8 Å². The molecule has 0 spiro atoms. The summed E-state index contributed by atoms with van der Waals surface area (Å²) < 4.78 is 10.7. The Morgan fingerprint density at radius 1 is 0.969 bits per heavy atom. The quantitative estimate of drug-likeness (QED) is 0.484. The molecule has 166 valence electrons. The second kappa shape index (κ2) is 9.38. The summed E-state index contributed by atoms with van der Waals surface area (Å²) in [6.07, 6.45) is 1.60. The number of hydrogen-bond acceptors (Lipinski definition) is 5. The number of nitrogens with zero attached hydrogens (tertiary/aromatic N) is 1. The van der Waals surface area contributed by atoms with Crippen LogP contribution in [0.5, 0.6) is 11.6 Å². The number of aryl methyl sites for hydroxylation is 1. The van der Waals surface area contributed by atoms with Crippen LogP contribution in [0.15, 0.2) is 60.8 Å². The Bertz CT molecular complexity index is 1110. The third-order valence-electron chi connectivity index (χ3n) is 4.69. The summed E-state index contributed by atoms with van der Waals surface area (Å²) in [4.78, 5) is 27.7. The van der Waals surface area contributed by atoms with Crippen molar-refractivity contribution in [1.29, 1.82) is 0 Å². The van der Waals surface area contributed by atoms with E-state index >= 15 is 0 Å². The van der Waals surface area contributed by atoms with Gasteiger partial charge in [-0.2, -0.15) is 0 Å². The minimum atomic E-state index is -1.37. The lowest BCUT2D eigenvalue weighted by Gasteiger charge is -2.20. The van der Waals surface area contributed by atoms with E-state index in [1.165, 1.54) is 13.8 Å². The monoisotopic (exact) mass is 435 g/mol. The molecule has 8 nitrogen and oxygen atoms in total. The summed E-state index contributed by atoms with van der Waals surface area (Å²) in [5.41, 5.74) is 2.54. The van der Waals surface area contributed by atoms with Gasteiger partial charge in [0.05, 0.1) is 12.8 Å². The maximum atomic E-state index is 12.4. The minimum Gasteiger partial charge on any atom is -0.495 e. The van der Waals surface area contributed by atoms with Crippen LogP contribution in [0, 0.1) is 6.92 Å². The zero-order chi connectivity index (χ0) is 23.3. The second-order valence-electron chi connectivity index (χ2n) is 7.66. The van der Waals surface area contributed by atoms with Crippen molar-refractivity contribution in [2.45, 2.75) is 26.4 Å². The second-order valence-corrected chi connectivity index (χ2v) is 7.66. The zero-order valence-corrected chi connectivity index (χ0v) is 18.3. The molecule has 0 radical (unpaired) electrons. The van der Waals surface area contributed by atoms with Crippen molar-refractivity contribution in [3.63, 3.8) is 0 Å². The van der Waals surface area contributed by atoms with Gasteiger partial charge in [-0.25, -0.2) is 14.6 Å². The highest BCUT2D eigenvalue weighted by Gasteiger charge is 2.29. The standard InChI is InChI=1S/C24H25N3O5/c1-15-5-11-20(31-4)19(13-15)27-23(30)26-18-9-6-16(7-10-18)17-8-12-21(25-14-17)32-24(2,3)22(28)29/h5-14H,1-4H3,(H,28,29)(H2,26,27,30). The van der Waals surface area contributed by atoms with E-state index in [4.69, 9.17) is 14.6 Å². The van der Waals surface area contributed by atoms with E-state index in [2.05, 4.69) is 15.6 Å². The van der Waals surface area contributed by atoms with Crippen LogP contribution in [-0.2, 0) is 4.79 Å². The third kappa shape index (κ3) is 5.54. The maximum absolute atomic E-state index is 12.4. The fourth-order valence-electron chi connectivity index (χ4n) is 2.87. The Morgan fingerprint density at radius 3 is 2.25 bits per heavy atom. The van der Waals surface area contributed by atoms with Crippen molar-refractivity contribution >= 4 is 23.4 Å². The summed E-state index contributed by atoms with van der Waals surface area (Å²) in [6, 6.07) is 15.8. The van der Waals surface area contributed by atoms with E-state index in [-0.39, 0.29) is 11.9 Å². The number of carbonyl (C=O) groups is 2. The van der Waals surface area contributed by atoms with Gasteiger partial charge >= 0.3 is 12.0 Å². The predicted molar refractivity (Wildman–Crippen MR) is 122 cm³/mol. The molecule has 0 saturated carbocycles. The lowest BCUT2D eigenvalue weighted by atomic mass is 10.1. The third-order valence-corrected chi connectivity index (χ3v) is 4.69. The topological polar surface area (TPSA) is 110 Å². The van der Waals surface area contributed by atoms with Gasteiger partial charge in [0.15, 0.2) is 0 Å². The molecule has 0 fully saturated rings. The number of aliphatic carboxylic acids is 1. The molecule has 3 rings (SSSR count). The van der Waals surface area contributed by atoms with Crippen molar-refractivity contribution in [3.05, 3.63) is 66.4 Å². The first-order valence-electron chi connectivity index (χ1n) is 9.89. The van der Waals surface area contributed by atoms with Crippen molar-refractivity contribution < 1.29 is 24.2 Å². The molecule has 0 saturated heterocycles. The lowest BCUT2D eigenvalue weighted by Crippen LogP contribution is -2.38. The summed E-state index contributed by atoms with van der Waals surface area (Å²) in [5, 5.41) is 14.7. The first kappa shape index (κ1) is 22.6. The number of amides is 2. The first-order chi connectivity index (χ1) is 15.2. The van der Waals surface area contributed by atoms with E-state index in [1.54, 1.807) is 43.6 Å². The van der Waals surface area contributed by atoms with Crippen LogP contribution >= 0.6 is 0 Å². The summed E-state index contributed by atoms with van der Waals surface area (Å²) in [5.74, 6) is -0.271. The number of methoxy groups -OCH3 is 1. The normalized spacial score (nSPS) is 10.9. The molecular formula is C24H25N3O5. The molecule has 3 N–H and O–H groups in total. The highest BCUT2D eigenvalue weighted by Crippen LogP contribution is 2.26. The van der Waals surface area contributed by atoms with Gasteiger partial charge in [0.1, 0.15) is 5.75 Å². The van der Waals surface area contributed by atoms with E-state index < -0.39 is 11.6 Å². The van der Waals surface area contributed by atoms with Crippen LogP contribution < -0.4 is 20.1 Å². The Hall–Kier alpha value is -4.07. The number of hydrogen-bond donors (Lipinski definition) is 3. The van der Waals surface area contributed by atoms with Crippen LogP contribution in [0.3, 0.4) is 0 Å². The van der Waals surface area contributed by atoms with Crippen molar-refractivity contribution in [2.24, 2.45) is 0 Å². The molecule has 3 aromatic rings. The van der Waals surface area contributed by atoms with Gasteiger partial charge in [-0.15, -0.1) is 0 Å². The van der Waals surface area contributed by atoms with Gasteiger partial charge in [-0.1, -0.05) is 18.2 Å². The molecule has 0 aliphatic carbocycles. The van der Waals surface area contributed by atoms with Crippen LogP contribution in [0.2, 0.25) is 0 Å². The number of carbonyl (C=O) groups excluding carboxylic acids is 1. The predicted octanol–water partition coefficient (Wildman–Crippen LogP) is 4.95. The molecule has 0 atom stereocenters. The van der Waals surface area contributed by atoms with Crippen molar-refractivity contribution in [3.8, 4) is 22.8 Å². The van der Waals surface area contributed by atoms with Crippen LogP contribution in [0.4, 0.5) is 16.2 Å². The fraction of sp³-hybridized carbons (Fsp3) is 0.208. The van der Waals surface area contributed by atoms with Crippen molar-refractivity contribution in [1.82, 2.24) is 4.98 Å². The molecule has 32 heavy (non-hydrogen) atoms. The molecule has 0 bridgehead atoms. The van der Waals surface area contributed by atoms with E-state index in [0.717, 1.165) is 16.7 Å². The molecule has 1 heterocycles. The van der Waals surface area contributed by atoms with E-state index in [0.29, 0.717) is 17.1 Å². The average Bonchev–Trinajstić information content (AvgIpc) is 2.75. The average molecular weight is 435 g/mol. The van der Waals surface area contributed by atoms with Crippen LogP contribution in [0.25, 0.3) is 11.1 Å². The Kier molecular flexibility index (Phi) is 6.63. The number of aromatic nitrogens is 1. The number of rotatable bonds is 7. The number of ether oxygens (including phenoxy) is 2. The summed E-state index contributed by atoms with van der Waals surface area (Å²) in [7, 11) is 1.55. The van der Waals surface area contributed by atoms with Gasteiger partial charge < -0.3 is 25.2 Å². The first-order valence-corrected chi connectivity index (χ1v) is 9.89. The van der Waals surface area contributed by atoms with Gasteiger partial charge in [-0.05, 0) is 62.2 Å². The maximum Gasteiger partial charge on any atom is 0.347 e. The molecule has 0 aliphatic rings. The van der Waals surface area contributed by atoms with Gasteiger partial charge in [0, 0.05) is 23.5 Å². The van der Waals surface area contributed by atoms with Crippen LogP contribution in [0.1, 0.15) is 19.4 Å². The Balaban J connectivity index is 1.64. The van der Waals surface area contributed by atoms with Gasteiger partial charge in [0.2, 0.25) is 11.5 Å². The number of anilines is 2. The number of benzene rings is 2. The van der Waals surface area contributed by atoms with E-state index in [9.17, 15) is 9.59 Å². The number of carboxylic acids is 1. The Morgan fingerprint density at radius 2 is 1.66 bits per heavy atom. The number of nitrogens with one attached hydrogen (secondary N) is 2. The minimum absolute atomic E-state index is 0.225. The summed E-state index contributed by atoms with van der Waals surface area (Å²) >= 11 is 0. The molecule has 0 unspecified atom stereocenters. The number of carboxylic acid groups (broad SMARTS) is 1. The SMILES string of the molecule is COc1ccc(C)cc1NC(=O)Nc1ccc(-c2ccc(OC(C)(C)C(=O)O)nc2)cc1. The van der Waals surface area contributed by atoms with Gasteiger partial charge in [0.25, 0.3) is 0 Å². The molecular weight excluding hydrogens is 410 g/mol. The molecule has 2 aromatic carbocycles. The highest BCUT2D eigenvalue weighted by molar-refractivity contribution is 6.00.